The summed E-state index contributed by atoms with van der Waals surface area (Å²) in [6, 6.07) is 8.17. The molecule has 2 heteroatoms. The zero-order valence-electron chi connectivity index (χ0n) is 10.7. The first-order chi connectivity index (χ1) is 7.43. The van der Waals surface area contributed by atoms with Crippen molar-refractivity contribution >= 4 is 12.6 Å². The van der Waals surface area contributed by atoms with Crippen molar-refractivity contribution < 1.29 is 4.74 Å². The Kier molecular flexibility index (Phi) is 4.72. The molecular weight excluding hydrogens is 216 g/mol. The Morgan fingerprint density at radius 1 is 1.31 bits per heavy atom. The zero-order chi connectivity index (χ0) is 12.2. The maximum atomic E-state index is 5.82. The predicted molar refractivity (Wildman–Crippen MR) is 73.5 cm³/mol. The van der Waals surface area contributed by atoms with Crippen molar-refractivity contribution in [3.63, 3.8) is 0 Å². The number of hydrogen-bond acceptors (Lipinski definition) is 2. The molecule has 0 aromatic heterocycles. The quantitative estimate of drug-likeness (QED) is 0.781. The van der Waals surface area contributed by atoms with E-state index in [2.05, 4.69) is 52.5 Å². The van der Waals surface area contributed by atoms with Crippen molar-refractivity contribution in [3.05, 3.63) is 29.8 Å². The van der Waals surface area contributed by atoms with Crippen LogP contribution in [0, 0.1) is 18.3 Å². The van der Waals surface area contributed by atoms with Crippen molar-refractivity contribution in [2.24, 2.45) is 11.3 Å². The molecule has 90 valence electrons. The molecule has 1 aromatic carbocycles. The van der Waals surface area contributed by atoms with Crippen LogP contribution >= 0.6 is 12.6 Å². The van der Waals surface area contributed by atoms with Crippen LogP contribution < -0.4 is 4.74 Å². The topological polar surface area (TPSA) is 9.23 Å². The summed E-state index contributed by atoms with van der Waals surface area (Å²) in [4.78, 5) is 0. The van der Waals surface area contributed by atoms with Crippen LogP contribution in [0.2, 0.25) is 0 Å². The monoisotopic (exact) mass is 238 g/mol. The Morgan fingerprint density at radius 2 is 2.00 bits per heavy atom. The number of benzene rings is 1. The third-order valence-corrected chi connectivity index (χ3v) is 3.33. The largest absolute Gasteiger partial charge is 0.493 e. The highest BCUT2D eigenvalue weighted by Gasteiger charge is 2.23. The van der Waals surface area contributed by atoms with E-state index in [9.17, 15) is 0 Å². The van der Waals surface area contributed by atoms with Crippen LogP contribution in [-0.4, -0.2) is 12.4 Å². The second-order valence-electron chi connectivity index (χ2n) is 5.37. The fourth-order valence-corrected chi connectivity index (χ4v) is 2.13. The lowest BCUT2D eigenvalue weighted by molar-refractivity contribution is 0.165. The zero-order valence-corrected chi connectivity index (χ0v) is 11.6. The van der Waals surface area contributed by atoms with Gasteiger partial charge >= 0.3 is 0 Å². The van der Waals surface area contributed by atoms with Gasteiger partial charge in [-0.3, -0.25) is 0 Å². The standard InChI is InChI=1S/C14H22OS/c1-11-6-5-7-13(8-11)15-9-12(10-16)14(2,3)4/h5-8,12,16H,9-10H2,1-4H3. The lowest BCUT2D eigenvalue weighted by atomic mass is 9.82. The van der Waals surface area contributed by atoms with Crippen molar-refractivity contribution in [2.75, 3.05) is 12.4 Å². The smallest absolute Gasteiger partial charge is 0.119 e. The number of thiol groups is 1. The average molecular weight is 238 g/mol. The molecule has 0 bridgehead atoms. The highest BCUT2D eigenvalue weighted by molar-refractivity contribution is 7.80. The minimum absolute atomic E-state index is 0.242. The van der Waals surface area contributed by atoms with Gasteiger partial charge in [0.2, 0.25) is 0 Å². The molecule has 0 aliphatic heterocycles. The van der Waals surface area contributed by atoms with Gasteiger partial charge in [-0.15, -0.1) is 0 Å². The first-order valence-corrected chi connectivity index (χ1v) is 6.37. The number of rotatable bonds is 4. The van der Waals surface area contributed by atoms with Crippen molar-refractivity contribution in [1.82, 2.24) is 0 Å². The van der Waals surface area contributed by atoms with Gasteiger partial charge in [0.05, 0.1) is 6.61 Å². The Hall–Kier alpha value is -0.630. The Balaban J connectivity index is 2.56. The summed E-state index contributed by atoms with van der Waals surface area (Å²) in [7, 11) is 0. The molecule has 0 fully saturated rings. The highest BCUT2D eigenvalue weighted by atomic mass is 32.1. The molecular formula is C14H22OS. The van der Waals surface area contributed by atoms with Crippen LogP contribution in [0.5, 0.6) is 5.75 Å². The van der Waals surface area contributed by atoms with Gasteiger partial charge in [-0.25, -0.2) is 0 Å². The second-order valence-corrected chi connectivity index (χ2v) is 5.74. The Labute approximate surface area is 105 Å². The van der Waals surface area contributed by atoms with Crippen LogP contribution in [0.3, 0.4) is 0 Å². The summed E-state index contributed by atoms with van der Waals surface area (Å²) in [5.41, 5.74) is 1.47. The van der Waals surface area contributed by atoms with Crippen molar-refractivity contribution in [3.8, 4) is 5.75 Å². The van der Waals surface area contributed by atoms with Gasteiger partial charge in [0.1, 0.15) is 5.75 Å². The van der Waals surface area contributed by atoms with E-state index >= 15 is 0 Å². The molecule has 0 heterocycles. The minimum Gasteiger partial charge on any atom is -0.493 e. The van der Waals surface area contributed by atoms with Crippen LogP contribution in [0.1, 0.15) is 26.3 Å². The van der Waals surface area contributed by atoms with Gasteiger partial charge in [-0.05, 0) is 35.8 Å². The van der Waals surface area contributed by atoms with E-state index < -0.39 is 0 Å². The third-order valence-electron chi connectivity index (χ3n) is 2.89. The summed E-state index contributed by atoms with van der Waals surface area (Å²) in [5.74, 6) is 2.28. The van der Waals surface area contributed by atoms with Crippen LogP contribution in [0.15, 0.2) is 24.3 Å². The number of aryl methyl sites for hydroxylation is 1. The van der Waals surface area contributed by atoms with Crippen LogP contribution in [0.25, 0.3) is 0 Å². The molecule has 0 saturated carbocycles. The summed E-state index contributed by atoms with van der Waals surface area (Å²) < 4.78 is 5.82. The van der Waals surface area contributed by atoms with E-state index in [1.807, 2.05) is 12.1 Å². The second kappa shape index (κ2) is 5.62. The summed E-state index contributed by atoms with van der Waals surface area (Å²) >= 11 is 4.40. The van der Waals surface area contributed by atoms with E-state index in [0.29, 0.717) is 5.92 Å². The van der Waals surface area contributed by atoms with Gasteiger partial charge in [-0.1, -0.05) is 32.9 Å². The summed E-state index contributed by atoms with van der Waals surface area (Å²) in [6.45, 7) is 9.50. The summed E-state index contributed by atoms with van der Waals surface area (Å²) in [6.07, 6.45) is 0. The molecule has 1 nitrogen and oxygen atoms in total. The molecule has 1 rings (SSSR count). The molecule has 1 aromatic rings. The Bertz CT molecular complexity index is 328. The number of hydrogen-bond donors (Lipinski definition) is 1. The molecule has 1 atom stereocenters. The molecule has 16 heavy (non-hydrogen) atoms. The molecule has 0 amide bonds. The van der Waals surface area contributed by atoms with Gasteiger partial charge < -0.3 is 4.74 Å². The average Bonchev–Trinajstić information content (AvgIpc) is 2.16. The van der Waals surface area contributed by atoms with Gasteiger partial charge in [0.25, 0.3) is 0 Å². The SMILES string of the molecule is Cc1cccc(OCC(CS)C(C)(C)C)c1. The van der Waals surface area contributed by atoms with Gasteiger partial charge in [0.15, 0.2) is 0 Å². The Morgan fingerprint density at radius 3 is 2.50 bits per heavy atom. The molecule has 0 aliphatic rings. The fraction of sp³-hybridized carbons (Fsp3) is 0.571. The normalized spacial score (nSPS) is 13.6. The molecule has 0 radical (unpaired) electrons. The van der Waals surface area contributed by atoms with E-state index in [-0.39, 0.29) is 5.41 Å². The molecule has 0 spiro atoms. The maximum absolute atomic E-state index is 5.82. The van der Waals surface area contributed by atoms with E-state index in [1.165, 1.54) is 5.56 Å². The first-order valence-electron chi connectivity index (χ1n) is 5.74. The van der Waals surface area contributed by atoms with Crippen LogP contribution in [0.4, 0.5) is 0 Å². The van der Waals surface area contributed by atoms with Crippen molar-refractivity contribution in [2.45, 2.75) is 27.7 Å². The fourth-order valence-electron chi connectivity index (χ4n) is 1.48. The van der Waals surface area contributed by atoms with Gasteiger partial charge in [-0.2, -0.15) is 12.6 Å². The first kappa shape index (κ1) is 13.4. The lowest BCUT2D eigenvalue weighted by Crippen LogP contribution is -2.28. The van der Waals surface area contributed by atoms with E-state index in [1.54, 1.807) is 0 Å². The third kappa shape index (κ3) is 4.09. The molecule has 0 N–H and O–H groups in total. The van der Waals surface area contributed by atoms with Crippen LogP contribution in [-0.2, 0) is 0 Å². The molecule has 0 saturated heterocycles. The lowest BCUT2D eigenvalue weighted by Gasteiger charge is -2.29. The van der Waals surface area contributed by atoms with Crippen molar-refractivity contribution in [1.29, 1.82) is 0 Å². The summed E-state index contributed by atoms with van der Waals surface area (Å²) in [5, 5.41) is 0. The van der Waals surface area contributed by atoms with E-state index in [0.717, 1.165) is 18.1 Å². The highest BCUT2D eigenvalue weighted by Crippen LogP contribution is 2.27. The number of ether oxygens (including phenoxy) is 1. The molecule has 0 aliphatic carbocycles. The molecule has 1 unspecified atom stereocenters. The van der Waals surface area contributed by atoms with E-state index in [4.69, 9.17) is 4.74 Å². The predicted octanol–water partition coefficient (Wildman–Crippen LogP) is 3.97. The minimum atomic E-state index is 0.242. The van der Waals surface area contributed by atoms with Gasteiger partial charge in [0, 0.05) is 5.92 Å². The maximum Gasteiger partial charge on any atom is 0.119 e.